The minimum atomic E-state index is -0.460. The summed E-state index contributed by atoms with van der Waals surface area (Å²) >= 11 is 0. The monoisotopic (exact) mass is 280 g/mol. The second-order valence-corrected chi connectivity index (χ2v) is 4.94. The molecule has 110 valence electrons. The SMILES string of the molecule is CCCc1[nH]ncc1C(=O)OC[C@H]1CCCN1C(N)=O. The number of likely N-dealkylation sites (tertiary alicyclic amines) is 1. The van der Waals surface area contributed by atoms with Crippen molar-refractivity contribution < 1.29 is 14.3 Å². The maximum absolute atomic E-state index is 12.0. The number of carbonyl (C=O) groups is 2. The molecule has 1 aromatic rings. The summed E-state index contributed by atoms with van der Waals surface area (Å²) in [7, 11) is 0. The first-order valence-corrected chi connectivity index (χ1v) is 6.89. The van der Waals surface area contributed by atoms with Gasteiger partial charge in [0.15, 0.2) is 0 Å². The van der Waals surface area contributed by atoms with Crippen LogP contribution in [0.1, 0.15) is 42.2 Å². The number of amides is 2. The van der Waals surface area contributed by atoms with Gasteiger partial charge in [-0.05, 0) is 19.3 Å². The third kappa shape index (κ3) is 3.09. The van der Waals surface area contributed by atoms with E-state index in [1.165, 1.54) is 6.20 Å². The summed E-state index contributed by atoms with van der Waals surface area (Å²) < 4.78 is 5.29. The van der Waals surface area contributed by atoms with Crippen molar-refractivity contribution in [2.45, 2.75) is 38.6 Å². The Morgan fingerprint density at radius 3 is 3.10 bits per heavy atom. The van der Waals surface area contributed by atoms with E-state index in [-0.39, 0.29) is 12.6 Å². The molecular formula is C13H20N4O3. The fourth-order valence-corrected chi connectivity index (χ4v) is 2.48. The molecule has 0 radical (unpaired) electrons. The minimum Gasteiger partial charge on any atom is -0.460 e. The van der Waals surface area contributed by atoms with Gasteiger partial charge in [0.2, 0.25) is 0 Å². The number of nitrogens with one attached hydrogen (secondary N) is 1. The highest BCUT2D eigenvalue weighted by atomic mass is 16.5. The quantitative estimate of drug-likeness (QED) is 0.787. The highest BCUT2D eigenvalue weighted by molar-refractivity contribution is 5.90. The van der Waals surface area contributed by atoms with Crippen molar-refractivity contribution in [2.24, 2.45) is 5.73 Å². The Hall–Kier alpha value is -2.05. The van der Waals surface area contributed by atoms with Crippen LogP contribution in [0.15, 0.2) is 6.20 Å². The van der Waals surface area contributed by atoms with Crippen LogP contribution in [0.5, 0.6) is 0 Å². The summed E-state index contributed by atoms with van der Waals surface area (Å²) in [5.74, 6) is -0.404. The highest BCUT2D eigenvalue weighted by Crippen LogP contribution is 2.18. The second-order valence-electron chi connectivity index (χ2n) is 4.94. The smallest absolute Gasteiger partial charge is 0.341 e. The first-order chi connectivity index (χ1) is 9.63. The van der Waals surface area contributed by atoms with E-state index in [0.717, 1.165) is 31.4 Å². The lowest BCUT2D eigenvalue weighted by Crippen LogP contribution is -2.42. The lowest BCUT2D eigenvalue weighted by atomic mass is 10.1. The van der Waals surface area contributed by atoms with Crippen LogP contribution < -0.4 is 5.73 Å². The van der Waals surface area contributed by atoms with Gasteiger partial charge in [-0.15, -0.1) is 0 Å². The summed E-state index contributed by atoms with van der Waals surface area (Å²) in [6.07, 6.45) is 4.84. The van der Waals surface area contributed by atoms with Gasteiger partial charge in [0.1, 0.15) is 12.2 Å². The molecule has 20 heavy (non-hydrogen) atoms. The van der Waals surface area contributed by atoms with Gasteiger partial charge >= 0.3 is 12.0 Å². The largest absolute Gasteiger partial charge is 0.460 e. The Morgan fingerprint density at radius 1 is 1.60 bits per heavy atom. The average molecular weight is 280 g/mol. The Labute approximate surface area is 117 Å². The number of aromatic amines is 1. The van der Waals surface area contributed by atoms with Gasteiger partial charge < -0.3 is 15.4 Å². The molecule has 7 nitrogen and oxygen atoms in total. The van der Waals surface area contributed by atoms with Gasteiger partial charge in [-0.3, -0.25) is 5.10 Å². The fourth-order valence-electron chi connectivity index (χ4n) is 2.48. The molecule has 1 aliphatic heterocycles. The molecule has 0 aliphatic carbocycles. The van der Waals surface area contributed by atoms with Gasteiger partial charge in [-0.25, -0.2) is 9.59 Å². The van der Waals surface area contributed by atoms with Crippen LogP contribution in [0.3, 0.4) is 0 Å². The zero-order valence-corrected chi connectivity index (χ0v) is 11.6. The summed E-state index contributed by atoms with van der Waals surface area (Å²) in [5, 5.41) is 6.68. The van der Waals surface area contributed by atoms with Crippen LogP contribution >= 0.6 is 0 Å². The van der Waals surface area contributed by atoms with Crippen LogP contribution in [0.25, 0.3) is 0 Å². The number of aromatic nitrogens is 2. The molecule has 1 fully saturated rings. The standard InChI is InChI=1S/C13H20N4O3/c1-2-4-11-10(7-15-16-11)12(18)20-8-9-5-3-6-17(9)13(14)19/h7,9H,2-6,8H2,1H3,(H2,14,19)(H,15,16)/t9-/m1/s1. The number of primary amides is 1. The van der Waals surface area contributed by atoms with E-state index in [2.05, 4.69) is 10.2 Å². The molecule has 2 amide bonds. The van der Waals surface area contributed by atoms with E-state index in [1.807, 2.05) is 6.92 Å². The van der Waals surface area contributed by atoms with Crippen LogP contribution in [0.4, 0.5) is 4.79 Å². The summed E-state index contributed by atoms with van der Waals surface area (Å²) in [6.45, 7) is 2.84. The van der Waals surface area contributed by atoms with Gasteiger partial charge in [0.25, 0.3) is 0 Å². The van der Waals surface area contributed by atoms with Gasteiger partial charge in [0.05, 0.1) is 12.2 Å². The summed E-state index contributed by atoms with van der Waals surface area (Å²) in [4.78, 5) is 24.8. The fraction of sp³-hybridized carbons (Fsp3) is 0.615. The number of H-pyrrole nitrogens is 1. The lowest BCUT2D eigenvalue weighted by molar-refractivity contribution is 0.0421. The lowest BCUT2D eigenvalue weighted by Gasteiger charge is -2.22. The number of esters is 1. The molecule has 0 spiro atoms. The molecule has 3 N–H and O–H groups in total. The molecule has 0 aromatic carbocycles. The van der Waals surface area contributed by atoms with Crippen molar-refractivity contribution in [3.05, 3.63) is 17.5 Å². The van der Waals surface area contributed by atoms with Gasteiger partial charge in [0, 0.05) is 12.2 Å². The van der Waals surface area contributed by atoms with Crippen molar-refractivity contribution in [3.8, 4) is 0 Å². The molecule has 2 heterocycles. The first-order valence-electron chi connectivity index (χ1n) is 6.89. The number of urea groups is 1. The third-order valence-electron chi connectivity index (χ3n) is 3.51. The van der Waals surface area contributed by atoms with E-state index in [4.69, 9.17) is 10.5 Å². The predicted molar refractivity (Wildman–Crippen MR) is 72.2 cm³/mol. The third-order valence-corrected chi connectivity index (χ3v) is 3.51. The molecule has 0 saturated carbocycles. The zero-order valence-electron chi connectivity index (χ0n) is 11.6. The van der Waals surface area contributed by atoms with Crippen molar-refractivity contribution in [1.29, 1.82) is 0 Å². The zero-order chi connectivity index (χ0) is 14.5. The van der Waals surface area contributed by atoms with Crippen molar-refractivity contribution in [1.82, 2.24) is 15.1 Å². The first kappa shape index (κ1) is 14.4. The molecular weight excluding hydrogens is 260 g/mol. The van der Waals surface area contributed by atoms with Crippen LogP contribution in [-0.2, 0) is 11.2 Å². The summed E-state index contributed by atoms with van der Waals surface area (Å²) in [6, 6.07) is -0.573. The molecule has 1 atom stereocenters. The molecule has 1 saturated heterocycles. The predicted octanol–water partition coefficient (Wildman–Crippen LogP) is 1.06. The number of rotatable bonds is 5. The number of nitrogens with two attached hydrogens (primary N) is 1. The van der Waals surface area contributed by atoms with E-state index >= 15 is 0 Å². The molecule has 2 rings (SSSR count). The van der Waals surface area contributed by atoms with E-state index in [1.54, 1.807) is 4.90 Å². The Kier molecular flexibility index (Phi) is 4.60. The molecule has 0 unspecified atom stereocenters. The number of nitrogens with zero attached hydrogens (tertiary/aromatic N) is 2. The topological polar surface area (TPSA) is 101 Å². The summed E-state index contributed by atoms with van der Waals surface area (Å²) in [5.41, 5.74) is 6.54. The number of aryl methyl sites for hydroxylation is 1. The van der Waals surface area contributed by atoms with Crippen LogP contribution in [0, 0.1) is 0 Å². The van der Waals surface area contributed by atoms with Crippen LogP contribution in [0.2, 0.25) is 0 Å². The average Bonchev–Trinajstić information content (AvgIpc) is 3.04. The number of ether oxygens (including phenoxy) is 1. The highest BCUT2D eigenvalue weighted by Gasteiger charge is 2.28. The van der Waals surface area contributed by atoms with E-state index in [9.17, 15) is 9.59 Å². The van der Waals surface area contributed by atoms with Gasteiger partial charge in [-0.2, -0.15) is 5.10 Å². The Morgan fingerprint density at radius 2 is 2.40 bits per heavy atom. The van der Waals surface area contributed by atoms with Crippen molar-refractivity contribution in [2.75, 3.05) is 13.2 Å². The van der Waals surface area contributed by atoms with Gasteiger partial charge in [-0.1, -0.05) is 13.3 Å². The van der Waals surface area contributed by atoms with E-state index in [0.29, 0.717) is 12.1 Å². The molecule has 1 aromatic heterocycles. The van der Waals surface area contributed by atoms with E-state index < -0.39 is 12.0 Å². The molecule has 1 aliphatic rings. The van der Waals surface area contributed by atoms with Crippen molar-refractivity contribution >= 4 is 12.0 Å². The second kappa shape index (κ2) is 6.40. The number of hydrogen-bond donors (Lipinski definition) is 2. The maximum atomic E-state index is 12.0. The number of hydrogen-bond acceptors (Lipinski definition) is 4. The minimum absolute atomic E-state index is 0.113. The Balaban J connectivity index is 1.91. The van der Waals surface area contributed by atoms with Crippen LogP contribution in [-0.4, -0.2) is 46.3 Å². The Bertz CT molecular complexity index is 486. The van der Waals surface area contributed by atoms with Crippen molar-refractivity contribution in [3.63, 3.8) is 0 Å². The number of carbonyl (C=O) groups excluding carboxylic acids is 2. The molecule has 0 bridgehead atoms. The molecule has 7 heteroatoms. The normalized spacial score (nSPS) is 18.2. The maximum Gasteiger partial charge on any atom is 0.341 e.